The van der Waals surface area contributed by atoms with E-state index in [1.807, 2.05) is 0 Å². The molecule has 29 heavy (non-hydrogen) atoms. The van der Waals surface area contributed by atoms with Crippen molar-refractivity contribution in [3.8, 4) is 0 Å². The molecular formula is C27H38NO+. The Bertz CT molecular complexity index is 862. The molecule has 2 aromatic carbocycles. The van der Waals surface area contributed by atoms with E-state index in [4.69, 9.17) is 4.74 Å². The van der Waals surface area contributed by atoms with Gasteiger partial charge < -0.3 is 9.22 Å². The Morgan fingerprint density at radius 1 is 1.00 bits per heavy atom. The molecule has 0 bridgehead atoms. The molecule has 156 valence electrons. The van der Waals surface area contributed by atoms with Crippen LogP contribution in [0.15, 0.2) is 42.5 Å². The largest absolute Gasteiger partial charge is 0.372 e. The zero-order valence-electron chi connectivity index (χ0n) is 18.4. The van der Waals surface area contributed by atoms with Crippen molar-refractivity contribution < 1.29 is 9.22 Å². The highest BCUT2D eigenvalue weighted by molar-refractivity contribution is 5.82. The molecule has 2 heterocycles. The van der Waals surface area contributed by atoms with Crippen molar-refractivity contribution in [3.63, 3.8) is 0 Å². The van der Waals surface area contributed by atoms with Gasteiger partial charge in [-0.3, -0.25) is 0 Å². The van der Waals surface area contributed by atoms with Gasteiger partial charge in [0.15, 0.2) is 0 Å². The molecule has 0 unspecified atom stereocenters. The lowest BCUT2D eigenvalue weighted by molar-refractivity contribution is -0.966. The fraction of sp³-hybridized carbons (Fsp3) is 0.630. The van der Waals surface area contributed by atoms with E-state index in [1.165, 1.54) is 85.4 Å². The van der Waals surface area contributed by atoms with E-state index in [0.29, 0.717) is 11.6 Å². The first-order chi connectivity index (χ1) is 14.2. The molecular weight excluding hydrogens is 354 g/mol. The molecule has 2 heteroatoms. The molecule has 0 N–H and O–H groups in total. The van der Waals surface area contributed by atoms with E-state index in [2.05, 4.69) is 56.3 Å². The van der Waals surface area contributed by atoms with Gasteiger partial charge in [0.25, 0.3) is 0 Å². The van der Waals surface area contributed by atoms with Crippen LogP contribution < -0.4 is 0 Å². The van der Waals surface area contributed by atoms with Crippen molar-refractivity contribution in [1.29, 1.82) is 0 Å². The maximum Gasteiger partial charge on any atom is 0.115 e. The second-order valence-electron chi connectivity index (χ2n) is 10.3. The number of benzene rings is 2. The van der Waals surface area contributed by atoms with Crippen LogP contribution in [0.2, 0.25) is 0 Å². The summed E-state index contributed by atoms with van der Waals surface area (Å²) in [6, 6.07) is 15.9. The molecule has 5 atom stereocenters. The zero-order chi connectivity index (χ0) is 19.9. The third-order valence-corrected chi connectivity index (χ3v) is 8.94. The van der Waals surface area contributed by atoms with Crippen LogP contribution in [0.5, 0.6) is 0 Å². The Kier molecular flexibility index (Phi) is 5.20. The van der Waals surface area contributed by atoms with Gasteiger partial charge in [0, 0.05) is 30.4 Å². The molecule has 2 aliphatic heterocycles. The third-order valence-electron chi connectivity index (χ3n) is 8.94. The summed E-state index contributed by atoms with van der Waals surface area (Å²) in [5.41, 5.74) is 1.94. The van der Waals surface area contributed by atoms with Crippen LogP contribution in [0.25, 0.3) is 10.8 Å². The SMILES string of the molecule is CCCCCCO[C@H]1C[N@+]2(Cc3ccc4ccccc4c3)CC[C@@H]3CC[C@H]1[C@@]32C. The number of hydrogen-bond donors (Lipinski definition) is 0. The lowest BCUT2D eigenvalue weighted by Gasteiger charge is -2.44. The fourth-order valence-electron chi connectivity index (χ4n) is 7.34. The summed E-state index contributed by atoms with van der Waals surface area (Å²) in [7, 11) is 0. The van der Waals surface area contributed by atoms with E-state index < -0.39 is 0 Å². The molecule has 0 radical (unpaired) electrons. The number of quaternary nitrogens is 1. The number of unbranched alkanes of at least 4 members (excludes halogenated alkanes) is 3. The molecule has 0 aromatic heterocycles. The topological polar surface area (TPSA) is 9.23 Å². The van der Waals surface area contributed by atoms with E-state index >= 15 is 0 Å². The quantitative estimate of drug-likeness (QED) is 0.377. The van der Waals surface area contributed by atoms with Crippen LogP contribution in [-0.2, 0) is 11.3 Å². The number of nitrogens with zero attached hydrogens (tertiary/aromatic N) is 1. The van der Waals surface area contributed by atoms with Crippen molar-refractivity contribution in [1.82, 2.24) is 0 Å². The lowest BCUT2D eigenvalue weighted by atomic mass is 9.83. The molecule has 2 nitrogen and oxygen atoms in total. The van der Waals surface area contributed by atoms with Crippen LogP contribution in [0.4, 0.5) is 0 Å². The Morgan fingerprint density at radius 3 is 2.72 bits per heavy atom. The number of hydrogen-bond acceptors (Lipinski definition) is 1. The summed E-state index contributed by atoms with van der Waals surface area (Å²) in [5.74, 6) is 1.67. The summed E-state index contributed by atoms with van der Waals surface area (Å²) in [4.78, 5) is 0. The summed E-state index contributed by atoms with van der Waals surface area (Å²) in [5, 5.41) is 2.74. The second kappa shape index (κ2) is 7.71. The summed E-state index contributed by atoms with van der Waals surface area (Å²) < 4.78 is 7.88. The highest BCUT2D eigenvalue weighted by Gasteiger charge is 2.71. The van der Waals surface area contributed by atoms with E-state index in [9.17, 15) is 0 Å². The smallest absolute Gasteiger partial charge is 0.115 e. The standard InChI is InChI=1S/C27H38NO/c1-3-4-5-8-17-29-26-20-28(16-15-24-13-14-25(26)27(24,28)2)19-21-11-12-22-9-6-7-10-23(22)18-21/h6-7,9-12,18,24-26H,3-5,8,13-17,19-20H2,1-2H3/q+1/t24-,25+,26-,27+,28+/m0/s1. The van der Waals surface area contributed by atoms with Crippen LogP contribution in [0.1, 0.15) is 64.4 Å². The van der Waals surface area contributed by atoms with Crippen molar-refractivity contribution in [2.24, 2.45) is 11.8 Å². The van der Waals surface area contributed by atoms with Gasteiger partial charge in [0.1, 0.15) is 24.7 Å². The maximum absolute atomic E-state index is 6.60. The first-order valence-corrected chi connectivity index (χ1v) is 12.1. The molecule has 1 aliphatic carbocycles. The third kappa shape index (κ3) is 3.15. The monoisotopic (exact) mass is 392 g/mol. The minimum atomic E-state index is 0.430. The average molecular weight is 393 g/mol. The van der Waals surface area contributed by atoms with E-state index in [1.54, 1.807) is 0 Å². The summed E-state index contributed by atoms with van der Waals surface area (Å²) in [6.07, 6.45) is 9.92. The Balaban J connectivity index is 1.37. The molecule has 0 amide bonds. The lowest BCUT2D eigenvalue weighted by Crippen LogP contribution is -2.57. The van der Waals surface area contributed by atoms with Gasteiger partial charge in [-0.2, -0.15) is 0 Å². The maximum atomic E-state index is 6.60. The predicted molar refractivity (Wildman–Crippen MR) is 121 cm³/mol. The summed E-state index contributed by atoms with van der Waals surface area (Å²) in [6.45, 7) is 9.65. The van der Waals surface area contributed by atoms with Gasteiger partial charge in [0.05, 0.1) is 6.54 Å². The van der Waals surface area contributed by atoms with E-state index in [0.717, 1.165) is 18.4 Å². The number of ether oxygens (including phenoxy) is 1. The van der Waals surface area contributed by atoms with E-state index in [-0.39, 0.29) is 0 Å². The minimum absolute atomic E-state index is 0.430. The Morgan fingerprint density at radius 2 is 1.86 bits per heavy atom. The first kappa shape index (κ1) is 19.6. The van der Waals surface area contributed by atoms with Crippen molar-refractivity contribution >= 4 is 10.8 Å². The molecule has 1 saturated carbocycles. The van der Waals surface area contributed by atoms with Crippen LogP contribution >= 0.6 is 0 Å². The number of fused-ring (bicyclic) bond motifs is 1. The predicted octanol–water partition coefficient (Wildman–Crippen LogP) is 6.32. The molecule has 3 fully saturated rings. The minimum Gasteiger partial charge on any atom is -0.372 e. The molecule has 2 aromatic rings. The van der Waals surface area contributed by atoms with Crippen LogP contribution in [0, 0.1) is 11.8 Å². The van der Waals surface area contributed by atoms with Gasteiger partial charge in [-0.05, 0) is 43.0 Å². The highest BCUT2D eigenvalue weighted by atomic mass is 16.5. The van der Waals surface area contributed by atoms with Gasteiger partial charge in [-0.1, -0.05) is 62.6 Å². The fourth-order valence-corrected chi connectivity index (χ4v) is 7.34. The zero-order valence-corrected chi connectivity index (χ0v) is 18.4. The van der Waals surface area contributed by atoms with Crippen molar-refractivity contribution in [2.75, 3.05) is 19.7 Å². The molecule has 0 spiro atoms. The normalized spacial score (nSPS) is 35.4. The van der Waals surface area contributed by atoms with Crippen molar-refractivity contribution in [2.45, 2.75) is 77.0 Å². The number of rotatable bonds is 8. The highest BCUT2D eigenvalue weighted by Crippen LogP contribution is 2.61. The Hall–Kier alpha value is -1.38. The molecule has 2 saturated heterocycles. The molecule has 5 rings (SSSR count). The molecule has 3 aliphatic rings. The van der Waals surface area contributed by atoms with Gasteiger partial charge in [-0.15, -0.1) is 0 Å². The van der Waals surface area contributed by atoms with Gasteiger partial charge in [0.2, 0.25) is 0 Å². The van der Waals surface area contributed by atoms with Crippen molar-refractivity contribution in [3.05, 3.63) is 48.0 Å². The van der Waals surface area contributed by atoms with Crippen LogP contribution in [-0.4, -0.2) is 35.8 Å². The van der Waals surface area contributed by atoms with Gasteiger partial charge >= 0.3 is 0 Å². The summed E-state index contributed by atoms with van der Waals surface area (Å²) >= 11 is 0. The van der Waals surface area contributed by atoms with Crippen LogP contribution in [0.3, 0.4) is 0 Å². The second-order valence-corrected chi connectivity index (χ2v) is 10.3. The van der Waals surface area contributed by atoms with Gasteiger partial charge in [-0.25, -0.2) is 0 Å². The average Bonchev–Trinajstić information content (AvgIpc) is 3.30. The first-order valence-electron chi connectivity index (χ1n) is 12.1. The Labute approximate surface area is 176 Å².